The normalized spacial score (nSPS) is 15.1. The summed E-state index contributed by atoms with van der Waals surface area (Å²) in [4.78, 5) is 14.8. The predicted molar refractivity (Wildman–Crippen MR) is 97.7 cm³/mol. The molecule has 0 saturated carbocycles. The molecule has 3 nitrogen and oxygen atoms in total. The van der Waals surface area contributed by atoms with Crippen LogP contribution in [0.25, 0.3) is 0 Å². The van der Waals surface area contributed by atoms with Crippen molar-refractivity contribution in [1.29, 1.82) is 0 Å². The highest BCUT2D eigenvalue weighted by atomic mass is 16.5. The van der Waals surface area contributed by atoms with E-state index in [4.69, 9.17) is 4.74 Å². The molecule has 1 amide bonds. The molecule has 3 heteroatoms. The molecule has 0 spiro atoms. The molecule has 1 atom stereocenters. The van der Waals surface area contributed by atoms with Crippen LogP contribution in [0, 0.1) is 0 Å². The van der Waals surface area contributed by atoms with Crippen molar-refractivity contribution < 1.29 is 9.53 Å². The minimum Gasteiger partial charge on any atom is -0.481 e. The highest BCUT2D eigenvalue weighted by molar-refractivity contribution is 5.97. The maximum Gasteiger partial charge on any atom is 0.267 e. The van der Waals surface area contributed by atoms with Crippen molar-refractivity contribution in [3.8, 4) is 5.75 Å². The number of para-hydroxylation sites is 2. The Morgan fingerprint density at radius 1 is 1.04 bits per heavy atom. The van der Waals surface area contributed by atoms with Crippen LogP contribution in [0.5, 0.6) is 5.75 Å². The number of carbonyl (C=O) groups is 1. The summed E-state index contributed by atoms with van der Waals surface area (Å²) in [5.74, 6) is 1.19. The van der Waals surface area contributed by atoms with Gasteiger partial charge in [-0.15, -0.1) is 0 Å². The molecule has 0 saturated heterocycles. The van der Waals surface area contributed by atoms with Gasteiger partial charge in [-0.1, -0.05) is 50.2 Å². The summed E-state index contributed by atoms with van der Waals surface area (Å²) in [6, 6.07) is 16.1. The number of nitrogens with zero attached hydrogens (tertiary/aromatic N) is 1. The molecular weight excluding hydrogens is 298 g/mol. The van der Waals surface area contributed by atoms with Crippen LogP contribution < -0.4 is 9.64 Å². The average Bonchev–Trinajstić information content (AvgIpc) is 2.61. The van der Waals surface area contributed by atoms with E-state index in [9.17, 15) is 4.79 Å². The maximum absolute atomic E-state index is 12.9. The number of anilines is 1. The molecule has 0 aromatic heterocycles. The zero-order valence-corrected chi connectivity index (χ0v) is 14.7. The zero-order valence-electron chi connectivity index (χ0n) is 14.7. The van der Waals surface area contributed by atoms with Crippen molar-refractivity contribution in [2.75, 3.05) is 11.4 Å². The number of fused-ring (bicyclic) bond motifs is 1. The Hall–Kier alpha value is -2.29. The van der Waals surface area contributed by atoms with Gasteiger partial charge in [0.15, 0.2) is 6.10 Å². The topological polar surface area (TPSA) is 29.5 Å². The number of carbonyl (C=O) groups excluding carboxylic acids is 1. The minimum absolute atomic E-state index is 0.0284. The van der Waals surface area contributed by atoms with Gasteiger partial charge in [-0.3, -0.25) is 4.79 Å². The Morgan fingerprint density at radius 3 is 2.54 bits per heavy atom. The highest BCUT2D eigenvalue weighted by Gasteiger charge is 2.27. The number of ether oxygens (including phenoxy) is 1. The van der Waals surface area contributed by atoms with Crippen LogP contribution in [0.2, 0.25) is 0 Å². The second kappa shape index (κ2) is 7.08. The Morgan fingerprint density at radius 2 is 1.75 bits per heavy atom. The summed E-state index contributed by atoms with van der Waals surface area (Å²) in [6.07, 6.45) is 1.53. The molecular formula is C21H25NO2. The molecule has 0 bridgehead atoms. The molecule has 0 N–H and O–H groups in total. The lowest BCUT2D eigenvalue weighted by molar-refractivity contribution is -0.124. The fourth-order valence-corrected chi connectivity index (χ4v) is 3.29. The molecule has 1 heterocycles. The number of amides is 1. The minimum atomic E-state index is -0.504. The van der Waals surface area contributed by atoms with Crippen molar-refractivity contribution >= 4 is 11.6 Å². The van der Waals surface area contributed by atoms with Gasteiger partial charge in [-0.25, -0.2) is 0 Å². The third-order valence-electron chi connectivity index (χ3n) is 4.57. The lowest BCUT2D eigenvalue weighted by atomic mass is 10.0. The van der Waals surface area contributed by atoms with Crippen molar-refractivity contribution in [3.05, 3.63) is 59.7 Å². The second-order valence-electron chi connectivity index (χ2n) is 6.67. The first-order chi connectivity index (χ1) is 11.6. The highest BCUT2D eigenvalue weighted by Crippen LogP contribution is 2.30. The molecule has 2 aromatic carbocycles. The summed E-state index contributed by atoms with van der Waals surface area (Å²) >= 11 is 0. The summed E-state index contributed by atoms with van der Waals surface area (Å²) in [7, 11) is 0. The van der Waals surface area contributed by atoms with E-state index in [2.05, 4.69) is 26.0 Å². The van der Waals surface area contributed by atoms with Gasteiger partial charge in [0.05, 0.1) is 0 Å². The van der Waals surface area contributed by atoms with Gasteiger partial charge in [0.1, 0.15) is 5.75 Å². The van der Waals surface area contributed by atoms with Crippen LogP contribution in [0.4, 0.5) is 5.69 Å². The Bertz CT molecular complexity index is 723. The number of aryl methyl sites for hydroxylation is 1. The first-order valence-electron chi connectivity index (χ1n) is 8.73. The Balaban J connectivity index is 1.79. The average molecular weight is 323 g/mol. The van der Waals surface area contributed by atoms with E-state index in [1.165, 1.54) is 5.56 Å². The van der Waals surface area contributed by atoms with Gasteiger partial charge in [0.25, 0.3) is 5.91 Å². The SMILES string of the molecule is CC(C)c1ccccc1O[C@@H](C)C(=O)N1CCCc2ccccc21. The molecule has 1 aliphatic rings. The van der Waals surface area contributed by atoms with Gasteiger partial charge in [0.2, 0.25) is 0 Å². The number of hydrogen-bond acceptors (Lipinski definition) is 2. The Kier molecular flexibility index (Phi) is 4.89. The summed E-state index contributed by atoms with van der Waals surface area (Å²) in [5, 5.41) is 0. The third kappa shape index (κ3) is 3.30. The second-order valence-corrected chi connectivity index (χ2v) is 6.67. The molecule has 3 rings (SSSR count). The number of hydrogen-bond donors (Lipinski definition) is 0. The molecule has 126 valence electrons. The van der Waals surface area contributed by atoms with E-state index in [1.807, 2.05) is 48.2 Å². The molecule has 1 aliphatic heterocycles. The number of rotatable bonds is 4. The van der Waals surface area contributed by atoms with Gasteiger partial charge in [-0.2, -0.15) is 0 Å². The standard InChI is InChI=1S/C21H25NO2/c1-15(2)18-11-5-7-13-20(18)24-16(3)21(23)22-14-8-10-17-9-4-6-12-19(17)22/h4-7,9,11-13,15-16H,8,10,14H2,1-3H3/t16-/m0/s1. The fraction of sp³-hybridized carbons (Fsp3) is 0.381. The third-order valence-corrected chi connectivity index (χ3v) is 4.57. The largest absolute Gasteiger partial charge is 0.481 e. The molecule has 0 radical (unpaired) electrons. The van der Waals surface area contributed by atoms with Crippen LogP contribution in [-0.2, 0) is 11.2 Å². The molecule has 0 unspecified atom stereocenters. The monoisotopic (exact) mass is 323 g/mol. The first-order valence-corrected chi connectivity index (χ1v) is 8.73. The summed E-state index contributed by atoms with van der Waals surface area (Å²) in [6.45, 7) is 6.87. The smallest absolute Gasteiger partial charge is 0.267 e. The van der Waals surface area contributed by atoms with Crippen LogP contribution in [-0.4, -0.2) is 18.6 Å². The summed E-state index contributed by atoms with van der Waals surface area (Å²) in [5.41, 5.74) is 3.41. The molecule has 2 aromatic rings. The van der Waals surface area contributed by atoms with Crippen LogP contribution in [0.3, 0.4) is 0 Å². The van der Waals surface area contributed by atoms with E-state index in [-0.39, 0.29) is 5.91 Å². The van der Waals surface area contributed by atoms with E-state index in [1.54, 1.807) is 0 Å². The zero-order chi connectivity index (χ0) is 17.1. The van der Waals surface area contributed by atoms with E-state index in [0.717, 1.165) is 36.4 Å². The molecule has 24 heavy (non-hydrogen) atoms. The van der Waals surface area contributed by atoms with Crippen molar-refractivity contribution in [2.24, 2.45) is 0 Å². The van der Waals surface area contributed by atoms with Crippen molar-refractivity contribution in [3.63, 3.8) is 0 Å². The first kappa shape index (κ1) is 16.6. The maximum atomic E-state index is 12.9. The van der Waals surface area contributed by atoms with E-state index >= 15 is 0 Å². The van der Waals surface area contributed by atoms with E-state index in [0.29, 0.717) is 5.92 Å². The quantitative estimate of drug-likeness (QED) is 0.825. The van der Waals surface area contributed by atoms with Crippen LogP contribution in [0.15, 0.2) is 48.5 Å². The molecule has 0 aliphatic carbocycles. The van der Waals surface area contributed by atoms with Gasteiger partial charge < -0.3 is 9.64 Å². The van der Waals surface area contributed by atoms with Crippen molar-refractivity contribution in [2.45, 2.75) is 45.6 Å². The van der Waals surface area contributed by atoms with Crippen LogP contribution in [0.1, 0.15) is 44.2 Å². The van der Waals surface area contributed by atoms with Gasteiger partial charge >= 0.3 is 0 Å². The van der Waals surface area contributed by atoms with Gasteiger partial charge in [-0.05, 0) is 48.9 Å². The lowest BCUT2D eigenvalue weighted by Gasteiger charge is -2.31. The number of benzene rings is 2. The van der Waals surface area contributed by atoms with E-state index < -0.39 is 6.10 Å². The fourth-order valence-electron chi connectivity index (χ4n) is 3.29. The molecule has 0 fully saturated rings. The lowest BCUT2D eigenvalue weighted by Crippen LogP contribution is -2.43. The van der Waals surface area contributed by atoms with Crippen LogP contribution >= 0.6 is 0 Å². The van der Waals surface area contributed by atoms with Crippen molar-refractivity contribution in [1.82, 2.24) is 0 Å². The predicted octanol–water partition coefficient (Wildman–Crippen LogP) is 4.56. The van der Waals surface area contributed by atoms with Gasteiger partial charge in [0, 0.05) is 12.2 Å². The Labute approximate surface area is 144 Å². The summed E-state index contributed by atoms with van der Waals surface area (Å²) < 4.78 is 6.05.